The number of benzene rings is 3. The third-order valence-electron chi connectivity index (χ3n) is 4.67. The van der Waals surface area contributed by atoms with Crippen LogP contribution in [0.25, 0.3) is 33.4 Å². The van der Waals surface area contributed by atoms with Gasteiger partial charge in [0.2, 0.25) is 5.95 Å². The van der Waals surface area contributed by atoms with Gasteiger partial charge in [-0.2, -0.15) is 5.10 Å². The summed E-state index contributed by atoms with van der Waals surface area (Å²) in [6, 6.07) is 26.1. The second-order valence-corrected chi connectivity index (χ2v) is 6.59. The van der Waals surface area contributed by atoms with Gasteiger partial charge in [0.15, 0.2) is 5.76 Å². The molecule has 0 amide bonds. The third kappa shape index (κ3) is 3.55. The summed E-state index contributed by atoms with van der Waals surface area (Å²) in [6.07, 6.45) is 1.68. The molecule has 29 heavy (non-hydrogen) atoms. The van der Waals surface area contributed by atoms with Crippen molar-refractivity contribution in [1.29, 1.82) is 0 Å². The number of fused-ring (bicyclic) bond motifs is 1. The second kappa shape index (κ2) is 7.52. The normalized spacial score (nSPS) is 10.9. The largest absolute Gasteiger partial charge is 0.356 e. The van der Waals surface area contributed by atoms with Gasteiger partial charge in [0.05, 0.1) is 18.4 Å². The SMILES string of the molecule is c1ccc(-c2cc(CNc3nncc(-c4cccc5ccccc45)n3)no2)cc1. The van der Waals surface area contributed by atoms with Crippen LogP contribution in [0.5, 0.6) is 0 Å². The molecule has 6 heteroatoms. The topological polar surface area (TPSA) is 76.7 Å². The minimum Gasteiger partial charge on any atom is -0.356 e. The van der Waals surface area contributed by atoms with Crippen molar-refractivity contribution in [2.75, 3.05) is 5.32 Å². The van der Waals surface area contributed by atoms with E-state index >= 15 is 0 Å². The average Bonchev–Trinajstić information content (AvgIpc) is 3.27. The number of aromatic nitrogens is 4. The summed E-state index contributed by atoms with van der Waals surface area (Å²) in [5.41, 5.74) is 3.54. The van der Waals surface area contributed by atoms with E-state index < -0.39 is 0 Å². The van der Waals surface area contributed by atoms with E-state index in [2.05, 4.69) is 43.9 Å². The van der Waals surface area contributed by atoms with Gasteiger partial charge in [-0.1, -0.05) is 78.0 Å². The van der Waals surface area contributed by atoms with Crippen molar-refractivity contribution in [3.05, 3.63) is 90.8 Å². The Hall–Kier alpha value is -4.06. The quantitative estimate of drug-likeness (QED) is 0.465. The standard InChI is InChI=1S/C23H17N5O/c1-2-8-17(9-3-1)22-13-18(28-29-22)14-24-23-26-21(15-25-27-23)20-12-6-10-16-7-4-5-11-19(16)20/h1-13,15H,14H2,(H,24,26,27). The molecule has 6 nitrogen and oxygen atoms in total. The van der Waals surface area contributed by atoms with E-state index in [9.17, 15) is 0 Å². The Balaban J connectivity index is 1.36. The molecule has 0 aliphatic rings. The zero-order chi connectivity index (χ0) is 19.5. The lowest BCUT2D eigenvalue weighted by atomic mass is 10.0. The molecular weight excluding hydrogens is 362 g/mol. The Kier molecular flexibility index (Phi) is 4.42. The minimum absolute atomic E-state index is 0.441. The Bertz CT molecular complexity index is 1260. The molecular formula is C23H17N5O. The van der Waals surface area contributed by atoms with Crippen LogP contribution in [-0.2, 0) is 6.54 Å². The zero-order valence-electron chi connectivity index (χ0n) is 15.5. The Labute approximate surface area is 167 Å². The van der Waals surface area contributed by atoms with Crippen LogP contribution in [0.15, 0.2) is 89.6 Å². The first-order valence-corrected chi connectivity index (χ1v) is 9.29. The van der Waals surface area contributed by atoms with Gasteiger partial charge < -0.3 is 9.84 Å². The molecule has 1 N–H and O–H groups in total. The van der Waals surface area contributed by atoms with Crippen LogP contribution in [0, 0.1) is 0 Å². The molecule has 0 aliphatic carbocycles. The molecule has 2 heterocycles. The highest BCUT2D eigenvalue weighted by atomic mass is 16.5. The van der Waals surface area contributed by atoms with Gasteiger partial charge >= 0.3 is 0 Å². The van der Waals surface area contributed by atoms with Gasteiger partial charge in [0, 0.05) is 17.2 Å². The molecule has 3 aromatic carbocycles. The van der Waals surface area contributed by atoms with Crippen molar-refractivity contribution in [2.24, 2.45) is 0 Å². The molecule has 0 radical (unpaired) electrons. The number of hydrogen-bond acceptors (Lipinski definition) is 6. The molecule has 0 spiro atoms. The molecule has 0 aliphatic heterocycles. The lowest BCUT2D eigenvalue weighted by Gasteiger charge is -2.07. The van der Waals surface area contributed by atoms with Crippen LogP contribution in [0.4, 0.5) is 5.95 Å². The molecule has 0 saturated carbocycles. The maximum absolute atomic E-state index is 5.43. The average molecular weight is 379 g/mol. The van der Waals surface area contributed by atoms with Gasteiger partial charge in [-0.15, -0.1) is 5.10 Å². The van der Waals surface area contributed by atoms with E-state index in [0.29, 0.717) is 12.5 Å². The number of nitrogens with one attached hydrogen (secondary N) is 1. The Morgan fingerprint density at radius 2 is 1.69 bits per heavy atom. The van der Waals surface area contributed by atoms with Crippen LogP contribution in [0.1, 0.15) is 5.69 Å². The maximum atomic E-state index is 5.43. The van der Waals surface area contributed by atoms with E-state index in [4.69, 9.17) is 4.52 Å². The molecule has 5 aromatic rings. The van der Waals surface area contributed by atoms with Crippen LogP contribution in [0.2, 0.25) is 0 Å². The predicted octanol–water partition coefficient (Wildman–Crippen LogP) is 4.96. The first-order valence-electron chi connectivity index (χ1n) is 9.29. The Morgan fingerprint density at radius 3 is 2.62 bits per heavy atom. The highest BCUT2D eigenvalue weighted by molar-refractivity contribution is 5.95. The predicted molar refractivity (Wildman–Crippen MR) is 112 cm³/mol. The van der Waals surface area contributed by atoms with Gasteiger partial charge in [-0.05, 0) is 10.8 Å². The smallest absolute Gasteiger partial charge is 0.243 e. The summed E-state index contributed by atoms with van der Waals surface area (Å²) in [7, 11) is 0. The van der Waals surface area contributed by atoms with E-state index in [-0.39, 0.29) is 0 Å². The summed E-state index contributed by atoms with van der Waals surface area (Å²) in [6.45, 7) is 0.441. The first kappa shape index (κ1) is 17.1. The van der Waals surface area contributed by atoms with E-state index in [0.717, 1.165) is 39.0 Å². The summed E-state index contributed by atoms with van der Waals surface area (Å²) < 4.78 is 5.43. The summed E-state index contributed by atoms with van der Waals surface area (Å²) in [5.74, 6) is 1.17. The third-order valence-corrected chi connectivity index (χ3v) is 4.67. The molecule has 0 bridgehead atoms. The number of hydrogen-bond donors (Lipinski definition) is 1. The highest BCUT2D eigenvalue weighted by Gasteiger charge is 2.09. The van der Waals surface area contributed by atoms with Gasteiger partial charge in [-0.3, -0.25) is 0 Å². The first-order chi connectivity index (χ1) is 14.4. The van der Waals surface area contributed by atoms with Crippen molar-refractivity contribution in [3.8, 4) is 22.6 Å². The lowest BCUT2D eigenvalue weighted by Crippen LogP contribution is -2.05. The summed E-state index contributed by atoms with van der Waals surface area (Å²) >= 11 is 0. The fraction of sp³-hybridized carbons (Fsp3) is 0.0435. The number of anilines is 1. The fourth-order valence-electron chi connectivity index (χ4n) is 3.26. The summed E-state index contributed by atoms with van der Waals surface area (Å²) in [5, 5.41) is 17.8. The number of nitrogens with zero attached hydrogens (tertiary/aromatic N) is 4. The van der Waals surface area contributed by atoms with E-state index in [1.54, 1.807) is 6.20 Å². The molecule has 2 aromatic heterocycles. The second-order valence-electron chi connectivity index (χ2n) is 6.59. The van der Waals surface area contributed by atoms with E-state index in [1.807, 2.05) is 60.7 Å². The van der Waals surface area contributed by atoms with Crippen LogP contribution < -0.4 is 5.32 Å². The van der Waals surface area contributed by atoms with Crippen molar-refractivity contribution in [1.82, 2.24) is 20.3 Å². The molecule has 5 rings (SSSR count). The zero-order valence-corrected chi connectivity index (χ0v) is 15.5. The molecule has 0 unspecified atom stereocenters. The monoisotopic (exact) mass is 379 g/mol. The Morgan fingerprint density at radius 1 is 0.862 bits per heavy atom. The minimum atomic E-state index is 0.441. The van der Waals surface area contributed by atoms with Crippen LogP contribution in [-0.4, -0.2) is 20.3 Å². The number of rotatable bonds is 5. The fourth-order valence-corrected chi connectivity index (χ4v) is 3.26. The summed E-state index contributed by atoms with van der Waals surface area (Å²) in [4.78, 5) is 4.63. The van der Waals surface area contributed by atoms with Crippen molar-refractivity contribution >= 4 is 16.7 Å². The van der Waals surface area contributed by atoms with Crippen molar-refractivity contribution in [2.45, 2.75) is 6.54 Å². The van der Waals surface area contributed by atoms with Crippen LogP contribution >= 0.6 is 0 Å². The van der Waals surface area contributed by atoms with E-state index in [1.165, 1.54) is 0 Å². The molecule has 0 fully saturated rings. The molecule has 0 saturated heterocycles. The van der Waals surface area contributed by atoms with Gasteiger partial charge in [0.25, 0.3) is 0 Å². The van der Waals surface area contributed by atoms with Gasteiger partial charge in [0.1, 0.15) is 5.69 Å². The van der Waals surface area contributed by atoms with Crippen LogP contribution in [0.3, 0.4) is 0 Å². The maximum Gasteiger partial charge on any atom is 0.243 e. The van der Waals surface area contributed by atoms with Crippen molar-refractivity contribution in [3.63, 3.8) is 0 Å². The highest BCUT2D eigenvalue weighted by Crippen LogP contribution is 2.27. The molecule has 0 atom stereocenters. The van der Waals surface area contributed by atoms with Crippen molar-refractivity contribution < 1.29 is 4.52 Å². The van der Waals surface area contributed by atoms with Gasteiger partial charge in [-0.25, -0.2) is 4.98 Å². The molecule has 140 valence electrons. The lowest BCUT2D eigenvalue weighted by molar-refractivity contribution is 0.424.